The highest BCUT2D eigenvalue weighted by Crippen LogP contribution is 2.33. The smallest absolute Gasteiger partial charge is 0.279 e. The van der Waals surface area contributed by atoms with Crippen molar-refractivity contribution < 1.29 is 4.79 Å². The van der Waals surface area contributed by atoms with Crippen LogP contribution in [0.1, 0.15) is 23.3 Å². The Labute approximate surface area is 172 Å². The van der Waals surface area contributed by atoms with Crippen LogP contribution < -0.4 is 10.5 Å². The molecule has 0 bridgehead atoms. The van der Waals surface area contributed by atoms with Crippen LogP contribution in [0.3, 0.4) is 0 Å². The molecule has 150 valence electrons. The average molecular weight is 410 g/mol. The van der Waals surface area contributed by atoms with Crippen LogP contribution >= 0.6 is 11.3 Å². The van der Waals surface area contributed by atoms with Gasteiger partial charge in [0.15, 0.2) is 4.83 Å². The topological polar surface area (TPSA) is 71.3 Å². The molecular formula is C21H23N5O2S. The van der Waals surface area contributed by atoms with Crippen LogP contribution in [0.5, 0.6) is 0 Å². The summed E-state index contributed by atoms with van der Waals surface area (Å²) in [5.74, 6) is -0.0717. The number of carbonyl (C=O) groups is 1. The van der Waals surface area contributed by atoms with Gasteiger partial charge in [-0.05, 0) is 43.4 Å². The van der Waals surface area contributed by atoms with Gasteiger partial charge in [-0.2, -0.15) is 0 Å². The average Bonchev–Trinajstić information content (AvgIpc) is 3.16. The Kier molecular flexibility index (Phi) is 4.79. The van der Waals surface area contributed by atoms with E-state index in [-0.39, 0.29) is 18.0 Å². The van der Waals surface area contributed by atoms with E-state index in [1.165, 1.54) is 15.2 Å². The summed E-state index contributed by atoms with van der Waals surface area (Å²) in [5, 5.41) is 8.99. The standard InChI is InChI=1S/C21H23N5O2S/c27-18(25-12-10-24(11-13-25)15-6-2-1-3-7-15)14-26-21(28)19-16-8-4-5-9-17(16)29-20(19)22-23-26/h1-3,6-7H,4-5,8-14H2. The van der Waals surface area contributed by atoms with Crippen molar-refractivity contribution >= 4 is 33.1 Å². The molecule has 0 atom stereocenters. The Balaban J connectivity index is 1.31. The summed E-state index contributed by atoms with van der Waals surface area (Å²) in [6.07, 6.45) is 4.20. The zero-order chi connectivity index (χ0) is 19.8. The second-order valence-electron chi connectivity index (χ2n) is 7.65. The van der Waals surface area contributed by atoms with Crippen LogP contribution in [0.4, 0.5) is 5.69 Å². The molecular weight excluding hydrogens is 386 g/mol. The number of aryl methyl sites for hydroxylation is 2. The molecule has 1 amide bonds. The zero-order valence-electron chi connectivity index (χ0n) is 16.2. The van der Waals surface area contributed by atoms with Gasteiger partial charge in [0.25, 0.3) is 5.56 Å². The van der Waals surface area contributed by atoms with Crippen molar-refractivity contribution in [2.24, 2.45) is 0 Å². The number of piperazine rings is 1. The van der Waals surface area contributed by atoms with E-state index in [9.17, 15) is 9.59 Å². The van der Waals surface area contributed by atoms with E-state index in [2.05, 4.69) is 27.3 Å². The second-order valence-corrected chi connectivity index (χ2v) is 8.73. The van der Waals surface area contributed by atoms with Crippen molar-refractivity contribution in [3.63, 3.8) is 0 Å². The lowest BCUT2D eigenvalue weighted by Crippen LogP contribution is -2.50. The van der Waals surface area contributed by atoms with Gasteiger partial charge in [-0.25, -0.2) is 4.68 Å². The van der Waals surface area contributed by atoms with Gasteiger partial charge in [0.2, 0.25) is 5.91 Å². The van der Waals surface area contributed by atoms with Crippen molar-refractivity contribution in [2.45, 2.75) is 32.2 Å². The SMILES string of the molecule is O=C(Cn1nnc2sc3c(c2c1=O)CCCC3)N1CCN(c2ccccc2)CC1. The number of hydrogen-bond acceptors (Lipinski definition) is 6. The molecule has 29 heavy (non-hydrogen) atoms. The normalized spacial score (nSPS) is 16.8. The predicted molar refractivity (Wildman–Crippen MR) is 114 cm³/mol. The lowest BCUT2D eigenvalue weighted by atomic mass is 9.97. The number of benzene rings is 1. The largest absolute Gasteiger partial charge is 0.368 e. The summed E-state index contributed by atoms with van der Waals surface area (Å²) in [7, 11) is 0. The van der Waals surface area contributed by atoms with Crippen LogP contribution in [0.15, 0.2) is 35.1 Å². The lowest BCUT2D eigenvalue weighted by molar-refractivity contribution is -0.132. The monoisotopic (exact) mass is 409 g/mol. The fourth-order valence-corrected chi connectivity index (χ4v) is 5.49. The number of nitrogens with zero attached hydrogens (tertiary/aromatic N) is 5. The van der Waals surface area contributed by atoms with Crippen LogP contribution in [-0.4, -0.2) is 52.0 Å². The summed E-state index contributed by atoms with van der Waals surface area (Å²) < 4.78 is 1.25. The maximum Gasteiger partial charge on any atom is 0.279 e. The first-order valence-electron chi connectivity index (χ1n) is 10.2. The van der Waals surface area contributed by atoms with Gasteiger partial charge in [-0.3, -0.25) is 9.59 Å². The van der Waals surface area contributed by atoms with Gasteiger partial charge in [0.05, 0.1) is 5.39 Å². The molecule has 0 N–H and O–H groups in total. The molecule has 0 saturated carbocycles. The minimum atomic E-state index is -0.175. The van der Waals surface area contributed by atoms with Crippen molar-refractivity contribution in [1.29, 1.82) is 0 Å². The van der Waals surface area contributed by atoms with E-state index in [0.29, 0.717) is 23.3 Å². The Morgan fingerprint density at radius 2 is 1.79 bits per heavy atom. The van der Waals surface area contributed by atoms with E-state index in [4.69, 9.17) is 0 Å². The summed E-state index contributed by atoms with van der Waals surface area (Å²) in [6.45, 7) is 2.82. The highest BCUT2D eigenvalue weighted by molar-refractivity contribution is 7.18. The number of carbonyl (C=O) groups excluding carboxylic acids is 1. The summed E-state index contributed by atoms with van der Waals surface area (Å²) >= 11 is 1.58. The Hall–Kier alpha value is -2.74. The molecule has 0 radical (unpaired) electrons. The molecule has 8 heteroatoms. The number of hydrogen-bond donors (Lipinski definition) is 0. The van der Waals surface area contributed by atoms with E-state index < -0.39 is 0 Å². The molecule has 1 aromatic carbocycles. The van der Waals surface area contributed by atoms with Crippen molar-refractivity contribution in [3.05, 3.63) is 51.1 Å². The third-order valence-corrected chi connectivity index (χ3v) is 7.06. The van der Waals surface area contributed by atoms with Gasteiger partial charge in [-0.15, -0.1) is 16.4 Å². The third kappa shape index (κ3) is 3.42. The maximum absolute atomic E-state index is 13.0. The molecule has 1 saturated heterocycles. The third-order valence-electron chi connectivity index (χ3n) is 5.88. The van der Waals surface area contributed by atoms with Crippen molar-refractivity contribution in [3.8, 4) is 0 Å². The van der Waals surface area contributed by atoms with Gasteiger partial charge < -0.3 is 9.80 Å². The number of amides is 1. The van der Waals surface area contributed by atoms with Crippen LogP contribution in [-0.2, 0) is 24.2 Å². The van der Waals surface area contributed by atoms with Gasteiger partial charge >= 0.3 is 0 Å². The van der Waals surface area contributed by atoms with Crippen LogP contribution in [0.2, 0.25) is 0 Å². The first-order valence-corrected chi connectivity index (χ1v) is 11.0. The molecule has 1 aliphatic heterocycles. The fraction of sp³-hybridized carbons (Fsp3) is 0.429. The quantitative estimate of drug-likeness (QED) is 0.662. The number of para-hydroxylation sites is 1. The number of thiophene rings is 1. The molecule has 0 spiro atoms. The molecule has 2 aromatic heterocycles. The van der Waals surface area contributed by atoms with E-state index in [0.717, 1.165) is 44.3 Å². The van der Waals surface area contributed by atoms with Gasteiger partial charge in [-0.1, -0.05) is 23.4 Å². The minimum absolute atomic E-state index is 0.0439. The lowest BCUT2D eigenvalue weighted by Gasteiger charge is -2.36. The maximum atomic E-state index is 13.0. The fourth-order valence-electron chi connectivity index (χ4n) is 4.29. The first-order chi connectivity index (χ1) is 14.2. The summed E-state index contributed by atoms with van der Waals surface area (Å²) in [5.41, 5.74) is 2.13. The summed E-state index contributed by atoms with van der Waals surface area (Å²) in [4.78, 5) is 31.9. The molecule has 5 rings (SSSR count). The first kappa shape index (κ1) is 18.3. The van der Waals surface area contributed by atoms with Crippen LogP contribution in [0, 0.1) is 0 Å². The van der Waals surface area contributed by atoms with E-state index >= 15 is 0 Å². The highest BCUT2D eigenvalue weighted by atomic mass is 32.1. The second kappa shape index (κ2) is 7.59. The highest BCUT2D eigenvalue weighted by Gasteiger charge is 2.24. The van der Waals surface area contributed by atoms with Gasteiger partial charge in [0, 0.05) is 36.7 Å². The molecule has 0 unspecified atom stereocenters. The summed E-state index contributed by atoms with van der Waals surface area (Å²) in [6, 6.07) is 10.2. The minimum Gasteiger partial charge on any atom is -0.368 e. The number of fused-ring (bicyclic) bond motifs is 3. The molecule has 2 aliphatic rings. The molecule has 1 fully saturated rings. The number of rotatable bonds is 3. The number of aromatic nitrogens is 3. The molecule has 7 nitrogen and oxygen atoms in total. The Morgan fingerprint density at radius 1 is 1.03 bits per heavy atom. The Bertz CT molecular complexity index is 1100. The molecule has 3 aromatic rings. The predicted octanol–water partition coefficient (Wildman–Crippen LogP) is 2.08. The van der Waals surface area contributed by atoms with Crippen molar-refractivity contribution in [2.75, 3.05) is 31.1 Å². The number of anilines is 1. The Morgan fingerprint density at radius 3 is 2.59 bits per heavy atom. The van der Waals surface area contributed by atoms with E-state index in [1.807, 2.05) is 23.1 Å². The van der Waals surface area contributed by atoms with Gasteiger partial charge in [0.1, 0.15) is 6.54 Å². The molecule has 3 heterocycles. The molecule has 1 aliphatic carbocycles. The van der Waals surface area contributed by atoms with Crippen molar-refractivity contribution in [1.82, 2.24) is 19.9 Å². The zero-order valence-corrected chi connectivity index (χ0v) is 17.0. The van der Waals surface area contributed by atoms with E-state index in [1.54, 1.807) is 11.3 Å². The van der Waals surface area contributed by atoms with Crippen LogP contribution in [0.25, 0.3) is 10.2 Å².